The fraction of sp³-hybridized carbons (Fsp3) is 0.391. The number of rotatable bonds is 9. The largest absolute Gasteiger partial charge is 0.493 e. The molecule has 0 radical (unpaired) electrons. The molecule has 33 heavy (non-hydrogen) atoms. The average molecular weight is 468 g/mol. The molecule has 0 saturated heterocycles. The minimum Gasteiger partial charge on any atom is -0.493 e. The third-order valence-electron chi connectivity index (χ3n) is 5.73. The second-order valence-corrected chi connectivity index (χ2v) is 7.79. The van der Waals surface area contributed by atoms with E-state index in [1.807, 2.05) is 0 Å². The summed E-state index contributed by atoms with van der Waals surface area (Å²) < 4.78 is 62.9. The van der Waals surface area contributed by atoms with Crippen LogP contribution in [-0.4, -0.2) is 38.6 Å². The lowest BCUT2D eigenvalue weighted by atomic mass is 9.78. The molecular formula is C23H24F4N2O4. The predicted molar refractivity (Wildman–Crippen MR) is 111 cm³/mol. The number of carbonyl (C=O) groups excluding carboxylic acids is 2. The quantitative estimate of drug-likeness (QED) is 0.547. The zero-order valence-electron chi connectivity index (χ0n) is 17.9. The molecule has 3 rings (SSSR count). The van der Waals surface area contributed by atoms with Crippen LogP contribution in [0.5, 0.6) is 11.5 Å². The molecule has 1 aliphatic carbocycles. The highest BCUT2D eigenvalue weighted by Crippen LogP contribution is 2.42. The van der Waals surface area contributed by atoms with Gasteiger partial charge in [-0.2, -0.15) is 8.78 Å². The molecule has 6 nitrogen and oxygen atoms in total. The number of carbonyl (C=O) groups is 2. The molecule has 0 spiro atoms. The molecule has 2 aromatic rings. The highest BCUT2D eigenvalue weighted by atomic mass is 19.3. The van der Waals surface area contributed by atoms with Gasteiger partial charge in [-0.3, -0.25) is 9.59 Å². The van der Waals surface area contributed by atoms with Gasteiger partial charge in [0.1, 0.15) is 11.6 Å². The molecule has 0 aliphatic heterocycles. The summed E-state index contributed by atoms with van der Waals surface area (Å²) in [5.41, 5.74) is -0.796. The highest BCUT2D eigenvalue weighted by molar-refractivity contribution is 5.97. The number of amides is 2. The molecule has 0 atom stereocenters. The van der Waals surface area contributed by atoms with Crippen LogP contribution in [0.3, 0.4) is 0 Å². The van der Waals surface area contributed by atoms with Crippen molar-refractivity contribution in [3.63, 3.8) is 0 Å². The van der Waals surface area contributed by atoms with Gasteiger partial charge in [0.25, 0.3) is 5.91 Å². The summed E-state index contributed by atoms with van der Waals surface area (Å²) in [6.07, 6.45) is 2.63. The molecular weight excluding hydrogens is 444 g/mol. The van der Waals surface area contributed by atoms with Gasteiger partial charge in [0, 0.05) is 23.1 Å². The molecule has 1 fully saturated rings. The fourth-order valence-corrected chi connectivity index (χ4v) is 4.17. The summed E-state index contributed by atoms with van der Waals surface area (Å²) in [4.78, 5) is 24.7. The predicted octanol–water partition coefficient (Wildman–Crippen LogP) is 3.93. The molecule has 1 aliphatic rings. The average Bonchev–Trinajstić information content (AvgIpc) is 3.25. The van der Waals surface area contributed by atoms with Crippen LogP contribution in [0.15, 0.2) is 36.4 Å². The van der Waals surface area contributed by atoms with E-state index in [0.29, 0.717) is 12.8 Å². The molecule has 2 N–H and O–H groups in total. The number of methoxy groups -OCH3 is 1. The summed E-state index contributed by atoms with van der Waals surface area (Å²) in [5.74, 6) is -2.76. The summed E-state index contributed by atoms with van der Waals surface area (Å²) in [6, 6.07) is 7.32. The number of benzene rings is 2. The van der Waals surface area contributed by atoms with Crippen molar-refractivity contribution in [2.24, 2.45) is 0 Å². The van der Waals surface area contributed by atoms with Crippen LogP contribution in [0.4, 0.5) is 17.6 Å². The third kappa shape index (κ3) is 5.74. The summed E-state index contributed by atoms with van der Waals surface area (Å²) in [5, 5.41) is 5.08. The van der Waals surface area contributed by atoms with Gasteiger partial charge in [0.2, 0.25) is 5.91 Å². The van der Waals surface area contributed by atoms with Crippen LogP contribution >= 0.6 is 0 Å². The molecule has 0 heterocycles. The molecule has 2 aromatic carbocycles. The first-order valence-corrected chi connectivity index (χ1v) is 10.4. The molecule has 1 saturated carbocycles. The standard InChI is InChI=1S/C23H24F4N2O4/c1-32-18-11-14(7-8-17(18)33-22(26)27)21(31)28-12-19(30)29-13-23(9-2-3-10-23)20-15(24)5-4-6-16(20)25/h4-8,11,22H,2-3,9-10,12-13H2,1H3,(H,28,31)(H,29,30). The minimum atomic E-state index is -3.05. The lowest BCUT2D eigenvalue weighted by molar-refractivity contribution is -0.120. The van der Waals surface area contributed by atoms with Crippen molar-refractivity contribution < 1.29 is 36.6 Å². The molecule has 178 valence electrons. The van der Waals surface area contributed by atoms with Crippen molar-refractivity contribution in [3.05, 3.63) is 59.2 Å². The summed E-state index contributed by atoms with van der Waals surface area (Å²) in [7, 11) is 1.24. The zero-order valence-corrected chi connectivity index (χ0v) is 17.9. The van der Waals surface area contributed by atoms with Crippen molar-refractivity contribution in [2.45, 2.75) is 37.7 Å². The second kappa shape index (κ2) is 10.5. The van der Waals surface area contributed by atoms with E-state index in [0.717, 1.165) is 18.9 Å². The lowest BCUT2D eigenvalue weighted by Crippen LogP contribution is -2.44. The molecule has 10 heteroatoms. The van der Waals surface area contributed by atoms with Crippen LogP contribution in [-0.2, 0) is 10.2 Å². The summed E-state index contributed by atoms with van der Waals surface area (Å²) in [6.45, 7) is -3.40. The van der Waals surface area contributed by atoms with Crippen molar-refractivity contribution in [1.82, 2.24) is 10.6 Å². The maximum absolute atomic E-state index is 14.4. The van der Waals surface area contributed by atoms with Crippen LogP contribution in [0.25, 0.3) is 0 Å². The zero-order chi connectivity index (χ0) is 24.0. The Labute approximate surface area is 188 Å². The van der Waals surface area contributed by atoms with E-state index in [4.69, 9.17) is 4.74 Å². The normalized spacial score (nSPS) is 14.7. The van der Waals surface area contributed by atoms with Crippen molar-refractivity contribution in [2.75, 3.05) is 20.2 Å². The Hall–Kier alpha value is -3.30. The SMILES string of the molecule is COc1cc(C(=O)NCC(=O)NCC2(c3c(F)cccc3F)CCCC2)ccc1OC(F)F. The van der Waals surface area contributed by atoms with Gasteiger partial charge in [-0.05, 0) is 43.2 Å². The maximum Gasteiger partial charge on any atom is 0.387 e. The van der Waals surface area contributed by atoms with Gasteiger partial charge >= 0.3 is 6.61 Å². The number of hydrogen-bond acceptors (Lipinski definition) is 4. The van der Waals surface area contributed by atoms with Gasteiger partial charge in [-0.1, -0.05) is 18.9 Å². The highest BCUT2D eigenvalue weighted by Gasteiger charge is 2.40. The van der Waals surface area contributed by atoms with Crippen LogP contribution in [0, 0.1) is 11.6 Å². The monoisotopic (exact) mass is 468 g/mol. The van der Waals surface area contributed by atoms with Crippen LogP contribution in [0.2, 0.25) is 0 Å². The first-order chi connectivity index (χ1) is 15.8. The number of alkyl halides is 2. The first-order valence-electron chi connectivity index (χ1n) is 10.4. The van der Waals surface area contributed by atoms with E-state index < -0.39 is 35.5 Å². The van der Waals surface area contributed by atoms with Crippen molar-refractivity contribution in [1.29, 1.82) is 0 Å². The van der Waals surface area contributed by atoms with Crippen LogP contribution in [0.1, 0.15) is 41.6 Å². The van der Waals surface area contributed by atoms with Gasteiger partial charge in [-0.15, -0.1) is 0 Å². The number of ether oxygens (including phenoxy) is 2. The fourth-order valence-electron chi connectivity index (χ4n) is 4.17. The van der Waals surface area contributed by atoms with Crippen molar-refractivity contribution >= 4 is 11.8 Å². The van der Waals surface area contributed by atoms with E-state index >= 15 is 0 Å². The Bertz CT molecular complexity index is 990. The molecule has 2 amide bonds. The Morgan fingerprint density at radius 3 is 2.30 bits per heavy atom. The van der Waals surface area contributed by atoms with E-state index in [1.54, 1.807) is 0 Å². The topological polar surface area (TPSA) is 76.7 Å². The lowest BCUT2D eigenvalue weighted by Gasteiger charge is -2.30. The maximum atomic E-state index is 14.4. The van der Waals surface area contributed by atoms with Gasteiger partial charge < -0.3 is 20.1 Å². The van der Waals surface area contributed by atoms with Gasteiger partial charge in [-0.25, -0.2) is 8.78 Å². The van der Waals surface area contributed by atoms with E-state index in [9.17, 15) is 27.2 Å². The van der Waals surface area contributed by atoms with Crippen molar-refractivity contribution in [3.8, 4) is 11.5 Å². The van der Waals surface area contributed by atoms with Crippen LogP contribution < -0.4 is 20.1 Å². The third-order valence-corrected chi connectivity index (χ3v) is 5.73. The smallest absolute Gasteiger partial charge is 0.387 e. The number of halogens is 4. The number of nitrogens with one attached hydrogen (secondary N) is 2. The number of hydrogen-bond donors (Lipinski definition) is 2. The Morgan fingerprint density at radius 2 is 1.70 bits per heavy atom. The van der Waals surface area contributed by atoms with E-state index in [2.05, 4.69) is 15.4 Å². The molecule has 0 unspecified atom stereocenters. The first kappa shape index (κ1) is 24.3. The van der Waals surface area contributed by atoms with E-state index in [-0.39, 0.29) is 35.7 Å². The molecule has 0 aromatic heterocycles. The Kier molecular flexibility index (Phi) is 7.78. The Morgan fingerprint density at radius 1 is 1.03 bits per heavy atom. The molecule has 0 bridgehead atoms. The second-order valence-electron chi connectivity index (χ2n) is 7.79. The minimum absolute atomic E-state index is 0.0231. The van der Waals surface area contributed by atoms with E-state index in [1.165, 1.54) is 37.4 Å². The Balaban J connectivity index is 1.60. The van der Waals surface area contributed by atoms with Gasteiger partial charge in [0.05, 0.1) is 13.7 Å². The summed E-state index contributed by atoms with van der Waals surface area (Å²) >= 11 is 0. The van der Waals surface area contributed by atoms with Gasteiger partial charge in [0.15, 0.2) is 11.5 Å².